The average molecular weight is 282 g/mol. The van der Waals surface area contributed by atoms with Gasteiger partial charge in [0.15, 0.2) is 0 Å². The summed E-state index contributed by atoms with van der Waals surface area (Å²) in [6, 6.07) is 5.13. The van der Waals surface area contributed by atoms with Crippen LogP contribution in [0.3, 0.4) is 0 Å². The number of hydrogen-bond donors (Lipinski definition) is 2. The lowest BCUT2D eigenvalue weighted by Gasteiger charge is -2.11. The molecule has 1 unspecified atom stereocenters. The number of carbonyl (C=O) groups is 1. The highest BCUT2D eigenvalue weighted by atomic mass is 16.5. The Labute approximate surface area is 119 Å². The van der Waals surface area contributed by atoms with E-state index in [2.05, 4.69) is 5.32 Å². The fourth-order valence-electron chi connectivity index (χ4n) is 1.59. The molecule has 1 rings (SSSR count). The minimum Gasteiger partial charge on any atom is -0.496 e. The molecule has 0 bridgehead atoms. The molecule has 1 aromatic carbocycles. The molecular formula is C14H22N2O4. The van der Waals surface area contributed by atoms with Gasteiger partial charge in [-0.2, -0.15) is 0 Å². The monoisotopic (exact) mass is 282 g/mol. The minimum absolute atomic E-state index is 0.0770. The number of hydrogen-bond acceptors (Lipinski definition) is 5. The Balaban J connectivity index is 2.40. The first-order chi connectivity index (χ1) is 9.55. The Morgan fingerprint density at radius 2 is 1.75 bits per heavy atom. The van der Waals surface area contributed by atoms with Crippen LogP contribution in [0.5, 0.6) is 17.2 Å². The van der Waals surface area contributed by atoms with Crippen molar-refractivity contribution in [1.82, 2.24) is 5.32 Å². The van der Waals surface area contributed by atoms with Crippen LogP contribution in [0.4, 0.5) is 0 Å². The molecular weight excluding hydrogens is 260 g/mol. The van der Waals surface area contributed by atoms with Gasteiger partial charge in [0.2, 0.25) is 5.91 Å². The van der Waals surface area contributed by atoms with E-state index in [9.17, 15) is 4.79 Å². The molecule has 0 aromatic heterocycles. The molecule has 0 spiro atoms. The summed E-state index contributed by atoms with van der Waals surface area (Å²) in [5.41, 5.74) is 5.53. The molecule has 0 aliphatic carbocycles. The molecule has 6 heteroatoms. The summed E-state index contributed by atoms with van der Waals surface area (Å²) in [5.74, 6) is 1.86. The zero-order valence-corrected chi connectivity index (χ0v) is 12.1. The van der Waals surface area contributed by atoms with Crippen LogP contribution in [-0.2, 0) is 4.79 Å². The number of rotatable bonds is 8. The second-order valence-corrected chi connectivity index (χ2v) is 4.43. The summed E-state index contributed by atoms with van der Waals surface area (Å²) in [6.07, 6.45) is 0.312. The molecule has 0 aliphatic heterocycles. The molecule has 1 aromatic rings. The zero-order chi connectivity index (χ0) is 15.0. The van der Waals surface area contributed by atoms with Crippen LogP contribution in [0.1, 0.15) is 13.3 Å². The lowest BCUT2D eigenvalue weighted by molar-refractivity contribution is -0.121. The number of methoxy groups -OCH3 is 2. The highest BCUT2D eigenvalue weighted by molar-refractivity contribution is 5.76. The molecule has 0 saturated heterocycles. The van der Waals surface area contributed by atoms with Crippen molar-refractivity contribution in [1.29, 1.82) is 0 Å². The van der Waals surface area contributed by atoms with Gasteiger partial charge in [-0.05, 0) is 6.92 Å². The highest BCUT2D eigenvalue weighted by Gasteiger charge is 2.05. The van der Waals surface area contributed by atoms with Gasteiger partial charge in [0.05, 0.1) is 20.8 Å². The van der Waals surface area contributed by atoms with E-state index in [0.717, 1.165) is 0 Å². The second kappa shape index (κ2) is 8.27. The lowest BCUT2D eigenvalue weighted by Crippen LogP contribution is -2.32. The summed E-state index contributed by atoms with van der Waals surface area (Å²) < 4.78 is 15.8. The number of nitrogens with two attached hydrogens (primary N) is 1. The Morgan fingerprint density at radius 3 is 2.25 bits per heavy atom. The smallest absolute Gasteiger partial charge is 0.221 e. The van der Waals surface area contributed by atoms with Crippen molar-refractivity contribution >= 4 is 5.91 Å². The zero-order valence-electron chi connectivity index (χ0n) is 12.1. The van der Waals surface area contributed by atoms with E-state index in [1.807, 2.05) is 0 Å². The minimum atomic E-state index is -0.140. The second-order valence-electron chi connectivity index (χ2n) is 4.43. The SMILES string of the molecule is COc1cc(OC)cc(OCCNC(=O)CC(C)N)c1. The molecule has 0 heterocycles. The van der Waals surface area contributed by atoms with E-state index in [4.69, 9.17) is 19.9 Å². The van der Waals surface area contributed by atoms with Gasteiger partial charge in [-0.15, -0.1) is 0 Å². The van der Waals surface area contributed by atoms with Gasteiger partial charge < -0.3 is 25.3 Å². The van der Waals surface area contributed by atoms with Crippen LogP contribution in [-0.4, -0.2) is 39.3 Å². The van der Waals surface area contributed by atoms with Crippen LogP contribution in [0.2, 0.25) is 0 Å². The normalized spacial score (nSPS) is 11.6. The lowest BCUT2D eigenvalue weighted by atomic mass is 10.2. The van der Waals surface area contributed by atoms with Crippen LogP contribution in [0.15, 0.2) is 18.2 Å². The Kier molecular flexibility index (Phi) is 6.66. The molecule has 1 atom stereocenters. The van der Waals surface area contributed by atoms with Gasteiger partial charge in [0.25, 0.3) is 0 Å². The van der Waals surface area contributed by atoms with Gasteiger partial charge in [0.1, 0.15) is 23.9 Å². The van der Waals surface area contributed by atoms with Crippen LogP contribution >= 0.6 is 0 Å². The van der Waals surface area contributed by atoms with Crippen molar-refractivity contribution in [2.24, 2.45) is 5.73 Å². The number of carbonyl (C=O) groups excluding carboxylic acids is 1. The van der Waals surface area contributed by atoms with Gasteiger partial charge in [-0.25, -0.2) is 0 Å². The quantitative estimate of drug-likeness (QED) is 0.693. The van der Waals surface area contributed by atoms with E-state index >= 15 is 0 Å². The predicted octanol–water partition coefficient (Wildman–Crippen LogP) is 0.936. The third-order valence-corrected chi connectivity index (χ3v) is 2.53. The third-order valence-electron chi connectivity index (χ3n) is 2.53. The molecule has 0 saturated carbocycles. The van der Waals surface area contributed by atoms with Gasteiger partial charge in [-0.1, -0.05) is 0 Å². The van der Waals surface area contributed by atoms with Crippen LogP contribution in [0, 0.1) is 0 Å². The van der Waals surface area contributed by atoms with Crippen molar-refractivity contribution in [2.75, 3.05) is 27.4 Å². The van der Waals surface area contributed by atoms with Crippen molar-refractivity contribution in [3.63, 3.8) is 0 Å². The maximum Gasteiger partial charge on any atom is 0.221 e. The first-order valence-electron chi connectivity index (χ1n) is 6.43. The summed E-state index contributed by atoms with van der Waals surface area (Å²) in [4.78, 5) is 11.4. The maximum absolute atomic E-state index is 11.4. The number of ether oxygens (including phenoxy) is 3. The van der Waals surface area contributed by atoms with Gasteiger partial charge >= 0.3 is 0 Å². The molecule has 0 radical (unpaired) electrons. The molecule has 0 aliphatic rings. The fourth-order valence-corrected chi connectivity index (χ4v) is 1.59. The van der Waals surface area contributed by atoms with E-state index < -0.39 is 0 Å². The predicted molar refractivity (Wildman–Crippen MR) is 76.3 cm³/mol. The Hall–Kier alpha value is -1.95. The molecule has 0 fully saturated rings. The molecule has 3 N–H and O–H groups in total. The topological polar surface area (TPSA) is 82.8 Å². The van der Waals surface area contributed by atoms with Crippen molar-refractivity contribution < 1.29 is 19.0 Å². The summed E-state index contributed by atoms with van der Waals surface area (Å²) >= 11 is 0. The molecule has 6 nitrogen and oxygen atoms in total. The van der Waals surface area contributed by atoms with Crippen molar-refractivity contribution in [3.8, 4) is 17.2 Å². The molecule has 112 valence electrons. The molecule has 20 heavy (non-hydrogen) atoms. The number of amides is 1. The maximum atomic E-state index is 11.4. The molecule has 1 amide bonds. The largest absolute Gasteiger partial charge is 0.496 e. The van der Waals surface area contributed by atoms with E-state index in [0.29, 0.717) is 36.8 Å². The number of benzene rings is 1. The first kappa shape index (κ1) is 16.1. The number of nitrogens with one attached hydrogen (secondary N) is 1. The van der Waals surface area contributed by atoms with E-state index in [1.165, 1.54) is 0 Å². The first-order valence-corrected chi connectivity index (χ1v) is 6.43. The fraction of sp³-hybridized carbons (Fsp3) is 0.500. The Bertz CT molecular complexity index is 413. The van der Waals surface area contributed by atoms with Crippen molar-refractivity contribution in [2.45, 2.75) is 19.4 Å². The standard InChI is InChI=1S/C14H22N2O4/c1-10(15)6-14(17)16-4-5-20-13-8-11(18-2)7-12(9-13)19-3/h7-10H,4-6,15H2,1-3H3,(H,16,17). The summed E-state index contributed by atoms with van der Waals surface area (Å²) in [6.45, 7) is 2.57. The summed E-state index contributed by atoms with van der Waals surface area (Å²) in [5, 5.41) is 2.74. The van der Waals surface area contributed by atoms with Crippen LogP contribution < -0.4 is 25.3 Å². The summed E-state index contributed by atoms with van der Waals surface area (Å²) in [7, 11) is 3.15. The highest BCUT2D eigenvalue weighted by Crippen LogP contribution is 2.27. The van der Waals surface area contributed by atoms with Crippen LogP contribution in [0.25, 0.3) is 0 Å². The van der Waals surface area contributed by atoms with E-state index in [-0.39, 0.29) is 11.9 Å². The third kappa shape index (κ3) is 5.79. The Morgan fingerprint density at radius 1 is 1.20 bits per heavy atom. The van der Waals surface area contributed by atoms with E-state index in [1.54, 1.807) is 39.3 Å². The van der Waals surface area contributed by atoms with Gasteiger partial charge in [0, 0.05) is 30.7 Å². The van der Waals surface area contributed by atoms with Crippen molar-refractivity contribution in [3.05, 3.63) is 18.2 Å². The average Bonchev–Trinajstić information content (AvgIpc) is 2.42. The van der Waals surface area contributed by atoms with Gasteiger partial charge in [-0.3, -0.25) is 4.79 Å².